The Balaban J connectivity index is 1.74. The second kappa shape index (κ2) is 8.34. The van der Waals surface area contributed by atoms with Crippen LogP contribution in [0.1, 0.15) is 39.5 Å². The number of methoxy groups -OCH3 is 1. The molecule has 1 aliphatic rings. The highest BCUT2D eigenvalue weighted by molar-refractivity contribution is 7.89. The molecule has 0 radical (unpaired) electrons. The predicted octanol–water partition coefficient (Wildman–Crippen LogP) is 2.86. The average molecular weight is 428 g/mol. The van der Waals surface area contributed by atoms with E-state index in [0.717, 1.165) is 12.8 Å². The Kier molecular flexibility index (Phi) is 6.07. The maximum Gasteiger partial charge on any atom is 0.373 e. The first-order valence-electron chi connectivity index (χ1n) is 8.47. The van der Waals surface area contributed by atoms with Gasteiger partial charge in [0.15, 0.2) is 0 Å². The molecule has 3 rings (SSSR count). The van der Waals surface area contributed by atoms with E-state index in [1.807, 2.05) is 0 Å². The van der Waals surface area contributed by atoms with Crippen LogP contribution in [-0.2, 0) is 26.1 Å². The third-order valence-electron chi connectivity index (χ3n) is 4.24. The van der Waals surface area contributed by atoms with Crippen LogP contribution in [0.3, 0.4) is 0 Å². The van der Waals surface area contributed by atoms with Gasteiger partial charge in [0.25, 0.3) is 0 Å². The lowest BCUT2D eigenvalue weighted by atomic mass is 10.2. The zero-order chi connectivity index (χ0) is 20.3. The molecule has 0 spiro atoms. The Morgan fingerprint density at radius 2 is 1.86 bits per heavy atom. The van der Waals surface area contributed by atoms with E-state index in [1.54, 1.807) is 0 Å². The van der Waals surface area contributed by atoms with Gasteiger partial charge in [-0.25, -0.2) is 18.0 Å². The van der Waals surface area contributed by atoms with Gasteiger partial charge in [0.1, 0.15) is 17.3 Å². The fourth-order valence-corrected chi connectivity index (χ4v) is 4.80. The largest absolute Gasteiger partial charge is 0.463 e. The van der Waals surface area contributed by atoms with Crippen LogP contribution in [0.15, 0.2) is 39.6 Å². The second-order valence-corrected chi connectivity index (χ2v) is 8.40. The number of carbonyl (C=O) groups excluding carboxylic acids is 2. The van der Waals surface area contributed by atoms with Crippen molar-refractivity contribution in [3.8, 4) is 0 Å². The predicted molar refractivity (Wildman–Crippen MR) is 98.6 cm³/mol. The zero-order valence-electron chi connectivity index (χ0n) is 15.0. The summed E-state index contributed by atoms with van der Waals surface area (Å²) in [5, 5.41) is 0.0391. The summed E-state index contributed by atoms with van der Waals surface area (Å²) in [4.78, 5) is 23.6. The van der Waals surface area contributed by atoms with Crippen molar-refractivity contribution in [3.63, 3.8) is 0 Å². The first-order chi connectivity index (χ1) is 13.3. The van der Waals surface area contributed by atoms with Gasteiger partial charge in [0.2, 0.25) is 15.8 Å². The van der Waals surface area contributed by atoms with Crippen LogP contribution in [0.5, 0.6) is 0 Å². The Morgan fingerprint density at radius 3 is 2.54 bits per heavy atom. The van der Waals surface area contributed by atoms with Crippen LogP contribution in [-0.4, -0.2) is 44.9 Å². The van der Waals surface area contributed by atoms with E-state index >= 15 is 0 Å². The van der Waals surface area contributed by atoms with E-state index in [2.05, 4.69) is 4.74 Å². The number of halogens is 1. The molecule has 1 saturated heterocycles. The lowest BCUT2D eigenvalue weighted by Crippen LogP contribution is -2.28. The molecule has 1 aromatic carbocycles. The molecule has 0 aliphatic carbocycles. The molecule has 0 saturated carbocycles. The summed E-state index contributed by atoms with van der Waals surface area (Å²) in [5.41, 5.74) is 0.0434. The minimum Gasteiger partial charge on any atom is -0.463 e. The minimum atomic E-state index is -3.78. The Bertz CT molecular complexity index is 993. The summed E-state index contributed by atoms with van der Waals surface area (Å²) in [6.45, 7) is 0.620. The molecule has 1 fully saturated rings. The van der Waals surface area contributed by atoms with Crippen molar-refractivity contribution in [2.75, 3.05) is 20.2 Å². The number of hydrogen-bond donors (Lipinski definition) is 0. The fraction of sp³-hybridized carbons (Fsp3) is 0.333. The second-order valence-electron chi connectivity index (χ2n) is 6.09. The molecule has 0 atom stereocenters. The third-order valence-corrected chi connectivity index (χ3v) is 6.62. The Hall–Kier alpha value is -2.36. The van der Waals surface area contributed by atoms with E-state index in [4.69, 9.17) is 20.8 Å². The maximum absolute atomic E-state index is 12.7. The van der Waals surface area contributed by atoms with Crippen molar-refractivity contribution in [2.45, 2.75) is 24.3 Å². The van der Waals surface area contributed by atoms with Gasteiger partial charge >= 0.3 is 11.9 Å². The van der Waals surface area contributed by atoms with Gasteiger partial charge in [0, 0.05) is 13.1 Å². The molecule has 28 heavy (non-hydrogen) atoms. The lowest BCUT2D eigenvalue weighted by Gasteiger charge is -2.17. The molecule has 1 aromatic heterocycles. The number of furan rings is 1. The van der Waals surface area contributed by atoms with Gasteiger partial charge in [-0.05, 0) is 43.2 Å². The SMILES string of the molecule is COC(=O)c1ccc(COC(=O)c2ccc(Cl)c(S(=O)(=O)N3CCCC3)c2)o1. The van der Waals surface area contributed by atoms with E-state index in [9.17, 15) is 18.0 Å². The summed E-state index contributed by atoms with van der Waals surface area (Å²) in [6.07, 6.45) is 1.57. The standard InChI is InChI=1S/C18H18ClNO7S/c1-25-18(22)15-7-5-13(27-15)11-26-17(21)12-4-6-14(19)16(10-12)28(23,24)20-8-2-3-9-20/h4-7,10H,2-3,8-9,11H2,1H3. The van der Waals surface area contributed by atoms with Crippen LogP contribution < -0.4 is 0 Å². The van der Waals surface area contributed by atoms with Crippen LogP contribution in [0.25, 0.3) is 0 Å². The van der Waals surface area contributed by atoms with Crippen LogP contribution in [0, 0.1) is 0 Å². The molecule has 0 N–H and O–H groups in total. The molecule has 2 heterocycles. The van der Waals surface area contributed by atoms with Crippen molar-refractivity contribution in [1.82, 2.24) is 4.31 Å². The average Bonchev–Trinajstić information content (AvgIpc) is 3.38. The number of benzene rings is 1. The number of esters is 2. The Morgan fingerprint density at radius 1 is 1.14 bits per heavy atom. The van der Waals surface area contributed by atoms with Crippen molar-refractivity contribution >= 4 is 33.6 Å². The summed E-state index contributed by atoms with van der Waals surface area (Å²) < 4.78 is 41.7. The topological polar surface area (TPSA) is 103 Å². The molecule has 0 amide bonds. The summed E-state index contributed by atoms with van der Waals surface area (Å²) >= 11 is 6.07. The van der Waals surface area contributed by atoms with Crippen LogP contribution in [0.2, 0.25) is 5.02 Å². The monoisotopic (exact) mass is 427 g/mol. The first-order valence-corrected chi connectivity index (χ1v) is 10.3. The summed E-state index contributed by atoms with van der Waals surface area (Å²) in [5.74, 6) is -1.16. The lowest BCUT2D eigenvalue weighted by molar-refractivity contribution is 0.0438. The highest BCUT2D eigenvalue weighted by atomic mass is 35.5. The van der Waals surface area contributed by atoms with Crippen molar-refractivity contribution in [3.05, 3.63) is 52.4 Å². The normalized spacial score (nSPS) is 14.8. The van der Waals surface area contributed by atoms with Crippen molar-refractivity contribution in [2.24, 2.45) is 0 Å². The number of nitrogens with zero attached hydrogens (tertiary/aromatic N) is 1. The number of sulfonamides is 1. The van der Waals surface area contributed by atoms with E-state index < -0.39 is 22.0 Å². The van der Waals surface area contributed by atoms with Gasteiger partial charge in [-0.1, -0.05) is 11.6 Å². The molecular weight excluding hydrogens is 410 g/mol. The smallest absolute Gasteiger partial charge is 0.373 e. The van der Waals surface area contributed by atoms with Gasteiger partial charge in [-0.3, -0.25) is 0 Å². The number of carbonyl (C=O) groups is 2. The fourth-order valence-electron chi connectivity index (χ4n) is 2.78. The quantitative estimate of drug-likeness (QED) is 0.653. The molecule has 0 bridgehead atoms. The van der Waals surface area contributed by atoms with E-state index in [-0.39, 0.29) is 33.6 Å². The molecule has 150 valence electrons. The van der Waals surface area contributed by atoms with Gasteiger partial charge in [0.05, 0.1) is 17.7 Å². The van der Waals surface area contributed by atoms with Gasteiger partial charge in [-0.2, -0.15) is 4.31 Å². The maximum atomic E-state index is 12.7. The Labute approximate surface area is 167 Å². The molecule has 1 aliphatic heterocycles. The summed E-state index contributed by atoms with van der Waals surface area (Å²) in [7, 11) is -2.56. The number of rotatable bonds is 6. The summed E-state index contributed by atoms with van der Waals surface area (Å²) in [6, 6.07) is 6.82. The zero-order valence-corrected chi connectivity index (χ0v) is 16.6. The van der Waals surface area contributed by atoms with Gasteiger partial charge < -0.3 is 13.9 Å². The highest BCUT2D eigenvalue weighted by Crippen LogP contribution is 2.28. The first kappa shape index (κ1) is 20.4. The number of ether oxygens (including phenoxy) is 2. The molecule has 8 nitrogen and oxygen atoms in total. The van der Waals surface area contributed by atoms with Crippen LogP contribution in [0.4, 0.5) is 0 Å². The van der Waals surface area contributed by atoms with Crippen molar-refractivity contribution < 1.29 is 31.9 Å². The van der Waals surface area contributed by atoms with Crippen molar-refractivity contribution in [1.29, 1.82) is 0 Å². The van der Waals surface area contributed by atoms with E-state index in [1.165, 1.54) is 41.7 Å². The van der Waals surface area contributed by atoms with Gasteiger partial charge in [-0.15, -0.1) is 0 Å². The molecular formula is C18H18ClNO7S. The van der Waals surface area contributed by atoms with E-state index in [0.29, 0.717) is 13.1 Å². The molecule has 2 aromatic rings. The molecule has 0 unspecified atom stereocenters. The highest BCUT2D eigenvalue weighted by Gasteiger charge is 2.30. The van der Waals surface area contributed by atoms with Crippen LogP contribution >= 0.6 is 11.6 Å². The number of hydrogen-bond acceptors (Lipinski definition) is 7. The minimum absolute atomic E-state index is 0.0148. The third kappa shape index (κ3) is 4.21. The molecule has 10 heteroatoms.